The first-order chi connectivity index (χ1) is 17.3. The smallest absolute Gasteiger partial charge is 0.262 e. The Bertz CT molecular complexity index is 1320. The molecule has 2 aromatic carbocycles. The lowest BCUT2D eigenvalue weighted by atomic mass is 10.1. The number of piperazine rings is 1. The molecule has 0 saturated carbocycles. The van der Waals surface area contributed by atoms with Gasteiger partial charge in [-0.05, 0) is 47.8 Å². The van der Waals surface area contributed by atoms with E-state index in [0.29, 0.717) is 16.2 Å². The summed E-state index contributed by atoms with van der Waals surface area (Å²) in [6.45, 7) is 0.730. The van der Waals surface area contributed by atoms with Gasteiger partial charge in [-0.3, -0.25) is 14.4 Å². The van der Waals surface area contributed by atoms with Gasteiger partial charge < -0.3 is 19.9 Å². The van der Waals surface area contributed by atoms with E-state index in [1.54, 1.807) is 72.0 Å². The number of rotatable bonds is 7. The fraction of sp³-hybridized carbons (Fsp3) is 0.240. The fourth-order valence-electron chi connectivity index (χ4n) is 3.83. The standard InChI is InChI=1S/C25H25N3O6S2/c1-34-19-11-9-18(10-12-19)24(30)27-13-15-28(16-14-27)25(31)23(26-22(29)21-8-5-17-35-21)36(32,33)20-6-3-2-4-7-20/h2-12,17,23H,13-16H2,1H3,(H,26,29). The third kappa shape index (κ3) is 5.42. The van der Waals surface area contributed by atoms with Gasteiger partial charge in [0.1, 0.15) is 5.75 Å². The minimum Gasteiger partial charge on any atom is -0.497 e. The molecule has 188 valence electrons. The number of benzene rings is 2. The summed E-state index contributed by atoms with van der Waals surface area (Å²) in [6.07, 6.45) is 0. The number of carbonyl (C=O) groups excluding carboxylic acids is 3. The Morgan fingerprint density at radius 1 is 0.889 bits per heavy atom. The average Bonchev–Trinajstić information content (AvgIpc) is 3.47. The van der Waals surface area contributed by atoms with E-state index in [-0.39, 0.29) is 37.0 Å². The molecule has 3 aromatic rings. The molecule has 2 heterocycles. The largest absolute Gasteiger partial charge is 0.497 e. The predicted molar refractivity (Wildman–Crippen MR) is 135 cm³/mol. The molecule has 1 atom stereocenters. The molecule has 0 bridgehead atoms. The summed E-state index contributed by atoms with van der Waals surface area (Å²) >= 11 is 1.15. The van der Waals surface area contributed by atoms with Crippen molar-refractivity contribution in [2.75, 3.05) is 33.3 Å². The van der Waals surface area contributed by atoms with Gasteiger partial charge in [-0.1, -0.05) is 24.3 Å². The summed E-state index contributed by atoms with van der Waals surface area (Å²) in [6, 6.07) is 17.5. The molecule has 4 rings (SSSR count). The van der Waals surface area contributed by atoms with E-state index in [1.165, 1.54) is 17.0 Å². The number of nitrogens with one attached hydrogen (secondary N) is 1. The lowest BCUT2D eigenvalue weighted by molar-refractivity contribution is -0.132. The van der Waals surface area contributed by atoms with E-state index in [2.05, 4.69) is 5.32 Å². The van der Waals surface area contributed by atoms with Crippen LogP contribution < -0.4 is 10.1 Å². The molecule has 1 aliphatic rings. The lowest BCUT2D eigenvalue weighted by Gasteiger charge is -2.36. The zero-order chi connectivity index (χ0) is 25.7. The highest BCUT2D eigenvalue weighted by Gasteiger charge is 2.39. The zero-order valence-electron chi connectivity index (χ0n) is 19.5. The maximum absolute atomic E-state index is 13.5. The molecule has 3 amide bonds. The topological polar surface area (TPSA) is 113 Å². The van der Waals surface area contributed by atoms with E-state index in [0.717, 1.165) is 11.3 Å². The fourth-order valence-corrected chi connectivity index (χ4v) is 5.94. The van der Waals surface area contributed by atoms with Crippen LogP contribution in [0.2, 0.25) is 0 Å². The van der Waals surface area contributed by atoms with Crippen LogP contribution in [-0.4, -0.2) is 74.6 Å². The van der Waals surface area contributed by atoms with Crippen molar-refractivity contribution in [2.45, 2.75) is 10.3 Å². The molecule has 1 unspecified atom stereocenters. The van der Waals surface area contributed by atoms with Crippen LogP contribution in [0.5, 0.6) is 5.75 Å². The van der Waals surface area contributed by atoms with Crippen LogP contribution in [0.3, 0.4) is 0 Å². The molecule has 0 aliphatic carbocycles. The van der Waals surface area contributed by atoms with Gasteiger partial charge in [0.25, 0.3) is 17.7 Å². The SMILES string of the molecule is COc1ccc(C(=O)N2CCN(C(=O)C(NC(=O)c3cccs3)S(=O)(=O)c3ccccc3)CC2)cc1. The Labute approximate surface area is 213 Å². The first-order valence-corrected chi connectivity index (χ1v) is 13.6. The van der Waals surface area contributed by atoms with Crippen LogP contribution in [-0.2, 0) is 14.6 Å². The van der Waals surface area contributed by atoms with E-state index < -0.39 is 27.0 Å². The second-order valence-electron chi connectivity index (χ2n) is 8.03. The molecule has 1 aromatic heterocycles. The highest BCUT2D eigenvalue weighted by atomic mass is 32.2. The molecule has 0 spiro atoms. The minimum atomic E-state index is -4.23. The van der Waals surface area contributed by atoms with E-state index in [9.17, 15) is 22.8 Å². The predicted octanol–water partition coefficient (Wildman–Crippen LogP) is 2.27. The first-order valence-electron chi connectivity index (χ1n) is 11.2. The molecule has 0 radical (unpaired) electrons. The van der Waals surface area contributed by atoms with Crippen molar-refractivity contribution in [1.29, 1.82) is 0 Å². The monoisotopic (exact) mass is 527 g/mol. The van der Waals surface area contributed by atoms with Crippen molar-refractivity contribution >= 4 is 38.9 Å². The normalized spacial score (nSPS) is 14.7. The van der Waals surface area contributed by atoms with E-state index >= 15 is 0 Å². The molecule has 9 nitrogen and oxygen atoms in total. The van der Waals surface area contributed by atoms with Gasteiger partial charge in [0, 0.05) is 31.7 Å². The number of nitrogens with zero attached hydrogens (tertiary/aromatic N) is 2. The van der Waals surface area contributed by atoms with Gasteiger partial charge in [0.15, 0.2) is 0 Å². The highest BCUT2D eigenvalue weighted by Crippen LogP contribution is 2.20. The van der Waals surface area contributed by atoms with Gasteiger partial charge >= 0.3 is 0 Å². The Morgan fingerprint density at radius 2 is 1.53 bits per heavy atom. The molecule has 1 aliphatic heterocycles. The Balaban J connectivity index is 1.50. The second-order valence-corrected chi connectivity index (χ2v) is 11.0. The van der Waals surface area contributed by atoms with Crippen molar-refractivity contribution < 1.29 is 27.5 Å². The Kier molecular flexibility index (Phi) is 7.70. The number of thiophene rings is 1. The quantitative estimate of drug-likeness (QED) is 0.504. The molecule has 36 heavy (non-hydrogen) atoms. The maximum atomic E-state index is 13.5. The molecular formula is C25H25N3O6S2. The van der Waals surface area contributed by atoms with Crippen LogP contribution in [0.15, 0.2) is 77.0 Å². The molecule has 1 fully saturated rings. The van der Waals surface area contributed by atoms with Crippen molar-refractivity contribution in [3.63, 3.8) is 0 Å². The van der Waals surface area contributed by atoms with Gasteiger partial charge in [0.05, 0.1) is 16.9 Å². The Hall–Kier alpha value is -3.70. The number of carbonyl (C=O) groups is 3. The third-order valence-corrected chi connectivity index (χ3v) is 8.57. The average molecular weight is 528 g/mol. The summed E-state index contributed by atoms with van der Waals surface area (Å²) < 4.78 is 31.9. The summed E-state index contributed by atoms with van der Waals surface area (Å²) in [4.78, 5) is 42.3. The number of ether oxygens (including phenoxy) is 1. The van der Waals surface area contributed by atoms with Crippen LogP contribution in [0.25, 0.3) is 0 Å². The summed E-state index contributed by atoms with van der Waals surface area (Å²) in [5, 5.41) is 2.32. The molecule has 1 saturated heterocycles. The summed E-state index contributed by atoms with van der Waals surface area (Å²) in [5.74, 6) is -0.932. The zero-order valence-corrected chi connectivity index (χ0v) is 21.1. The highest BCUT2D eigenvalue weighted by molar-refractivity contribution is 7.92. The Morgan fingerprint density at radius 3 is 2.11 bits per heavy atom. The van der Waals surface area contributed by atoms with Crippen LogP contribution in [0.4, 0.5) is 0 Å². The molecule has 11 heteroatoms. The summed E-state index contributed by atoms with van der Waals surface area (Å²) in [5.41, 5.74) is 0.489. The van der Waals surface area contributed by atoms with Crippen LogP contribution in [0.1, 0.15) is 20.0 Å². The maximum Gasteiger partial charge on any atom is 0.262 e. The van der Waals surface area contributed by atoms with Gasteiger partial charge in [-0.25, -0.2) is 8.42 Å². The van der Waals surface area contributed by atoms with Crippen LogP contribution >= 0.6 is 11.3 Å². The van der Waals surface area contributed by atoms with Crippen molar-refractivity contribution in [3.8, 4) is 5.75 Å². The van der Waals surface area contributed by atoms with Crippen molar-refractivity contribution in [1.82, 2.24) is 15.1 Å². The minimum absolute atomic E-state index is 0.0665. The molecule has 1 N–H and O–H groups in total. The number of hydrogen-bond acceptors (Lipinski definition) is 7. The van der Waals surface area contributed by atoms with Gasteiger partial charge in [0.2, 0.25) is 15.2 Å². The third-order valence-electron chi connectivity index (χ3n) is 5.83. The number of methoxy groups -OCH3 is 1. The van der Waals surface area contributed by atoms with E-state index in [4.69, 9.17) is 4.74 Å². The molecular weight excluding hydrogens is 502 g/mol. The lowest BCUT2D eigenvalue weighted by Crippen LogP contribution is -2.57. The van der Waals surface area contributed by atoms with Gasteiger partial charge in [-0.2, -0.15) is 0 Å². The van der Waals surface area contributed by atoms with Crippen LogP contribution in [0, 0.1) is 0 Å². The second kappa shape index (κ2) is 10.9. The van der Waals surface area contributed by atoms with Crippen molar-refractivity contribution in [3.05, 3.63) is 82.6 Å². The van der Waals surface area contributed by atoms with E-state index in [1.807, 2.05) is 0 Å². The van der Waals surface area contributed by atoms with Gasteiger partial charge in [-0.15, -0.1) is 11.3 Å². The number of sulfone groups is 1. The first kappa shape index (κ1) is 25.4. The number of amides is 3. The van der Waals surface area contributed by atoms with Crippen molar-refractivity contribution in [2.24, 2.45) is 0 Å². The summed E-state index contributed by atoms with van der Waals surface area (Å²) in [7, 11) is -2.68. The number of hydrogen-bond donors (Lipinski definition) is 1.